The van der Waals surface area contributed by atoms with Crippen LogP contribution in [0, 0.1) is 5.82 Å². The van der Waals surface area contributed by atoms with Crippen molar-refractivity contribution in [3.63, 3.8) is 0 Å². The van der Waals surface area contributed by atoms with E-state index in [4.69, 9.17) is 0 Å². The first-order valence-corrected chi connectivity index (χ1v) is 8.89. The number of hydrogen-bond donors (Lipinski definition) is 1. The fraction of sp³-hybridized carbons (Fsp3) is 0.211. The van der Waals surface area contributed by atoms with Gasteiger partial charge in [-0.25, -0.2) is 18.9 Å². The zero-order valence-corrected chi connectivity index (χ0v) is 15.0. The molecular weight excluding hydrogens is 361 g/mol. The van der Waals surface area contributed by atoms with E-state index >= 15 is 0 Å². The summed E-state index contributed by atoms with van der Waals surface area (Å²) in [6, 6.07) is 6.13. The Kier molecular flexibility index (Phi) is 3.68. The molecule has 9 heteroatoms. The number of rotatable bonds is 4. The van der Waals surface area contributed by atoms with Crippen molar-refractivity contribution in [2.24, 2.45) is 7.05 Å². The lowest BCUT2D eigenvalue weighted by Crippen LogP contribution is -2.12. The van der Waals surface area contributed by atoms with E-state index < -0.39 is 11.7 Å². The maximum absolute atomic E-state index is 14.1. The molecule has 0 atom stereocenters. The van der Waals surface area contributed by atoms with E-state index in [9.17, 15) is 9.18 Å². The normalized spacial score (nSPS) is 13.8. The summed E-state index contributed by atoms with van der Waals surface area (Å²) in [4.78, 5) is 21.5. The first-order valence-electron chi connectivity index (χ1n) is 8.89. The molecule has 3 heterocycles. The number of halogens is 1. The average molecular weight is 377 g/mol. The topological polar surface area (TPSA) is 90.0 Å². The number of aromatic nitrogens is 6. The number of nitrogens with zero attached hydrogens (tertiary/aromatic N) is 6. The van der Waals surface area contributed by atoms with Crippen molar-refractivity contribution in [2.45, 2.75) is 18.8 Å². The molecule has 1 amide bonds. The van der Waals surface area contributed by atoms with Gasteiger partial charge in [0.1, 0.15) is 17.7 Å². The van der Waals surface area contributed by atoms with Crippen LogP contribution in [0.5, 0.6) is 0 Å². The van der Waals surface area contributed by atoms with Crippen molar-refractivity contribution in [2.75, 3.05) is 5.32 Å². The quantitative estimate of drug-likeness (QED) is 0.591. The monoisotopic (exact) mass is 377 g/mol. The van der Waals surface area contributed by atoms with Crippen LogP contribution < -0.4 is 5.32 Å². The van der Waals surface area contributed by atoms with Crippen LogP contribution in [0.15, 0.2) is 43.0 Å². The molecule has 1 aliphatic rings. The molecule has 3 aromatic heterocycles. The van der Waals surface area contributed by atoms with Gasteiger partial charge < -0.3 is 5.32 Å². The number of amides is 1. The lowest BCUT2D eigenvalue weighted by Gasteiger charge is -2.06. The van der Waals surface area contributed by atoms with Gasteiger partial charge in [0.15, 0.2) is 11.5 Å². The number of nitrogens with one attached hydrogen (secondary N) is 1. The molecule has 1 fully saturated rings. The van der Waals surface area contributed by atoms with E-state index in [2.05, 4.69) is 25.5 Å². The minimum absolute atomic E-state index is 0.310. The molecule has 0 bridgehead atoms. The Labute approximate surface area is 159 Å². The van der Waals surface area contributed by atoms with Crippen LogP contribution in [0.3, 0.4) is 0 Å². The minimum atomic E-state index is -0.491. The van der Waals surface area contributed by atoms with Crippen LogP contribution in [0.1, 0.15) is 34.8 Å². The van der Waals surface area contributed by atoms with Crippen LogP contribution >= 0.6 is 0 Å². The zero-order chi connectivity index (χ0) is 19.3. The molecule has 0 unspecified atom stereocenters. The van der Waals surface area contributed by atoms with Crippen LogP contribution in [-0.2, 0) is 7.05 Å². The molecule has 0 radical (unpaired) electrons. The van der Waals surface area contributed by atoms with Gasteiger partial charge in [-0.1, -0.05) is 0 Å². The van der Waals surface area contributed by atoms with Gasteiger partial charge >= 0.3 is 0 Å². The van der Waals surface area contributed by atoms with Gasteiger partial charge in [0, 0.05) is 36.1 Å². The van der Waals surface area contributed by atoms with Gasteiger partial charge in [-0.15, -0.1) is 0 Å². The Morgan fingerprint density at radius 1 is 1.29 bits per heavy atom. The highest BCUT2D eigenvalue weighted by Crippen LogP contribution is 2.39. The minimum Gasteiger partial charge on any atom is -0.322 e. The molecule has 1 N–H and O–H groups in total. The molecule has 28 heavy (non-hydrogen) atoms. The predicted molar refractivity (Wildman–Crippen MR) is 99.3 cm³/mol. The number of fused-ring (bicyclic) bond motifs is 1. The fourth-order valence-corrected chi connectivity index (χ4v) is 3.11. The summed E-state index contributed by atoms with van der Waals surface area (Å²) in [6.07, 6.45) is 7.04. The molecule has 8 nitrogen and oxygen atoms in total. The Balaban J connectivity index is 1.46. The largest absolute Gasteiger partial charge is 0.322 e. The molecule has 0 saturated heterocycles. The first-order chi connectivity index (χ1) is 13.6. The third-order valence-corrected chi connectivity index (χ3v) is 4.64. The zero-order valence-electron chi connectivity index (χ0n) is 15.0. The van der Waals surface area contributed by atoms with Crippen molar-refractivity contribution < 1.29 is 9.18 Å². The van der Waals surface area contributed by atoms with E-state index in [0.717, 1.165) is 18.5 Å². The molecule has 1 aromatic carbocycles. The summed E-state index contributed by atoms with van der Waals surface area (Å²) in [5.74, 6) is -0.0491. The third-order valence-electron chi connectivity index (χ3n) is 4.64. The predicted octanol–water partition coefficient (Wildman–Crippen LogP) is 2.79. The fourth-order valence-electron chi connectivity index (χ4n) is 3.11. The van der Waals surface area contributed by atoms with E-state index in [1.54, 1.807) is 23.8 Å². The Hall–Kier alpha value is -3.62. The Morgan fingerprint density at radius 2 is 2.14 bits per heavy atom. The average Bonchev–Trinajstić information content (AvgIpc) is 3.29. The van der Waals surface area contributed by atoms with Crippen LogP contribution in [-0.4, -0.2) is 35.3 Å². The summed E-state index contributed by atoms with van der Waals surface area (Å²) >= 11 is 0. The maximum atomic E-state index is 14.1. The van der Waals surface area contributed by atoms with Crippen molar-refractivity contribution in [1.29, 1.82) is 0 Å². The molecule has 1 aliphatic carbocycles. The first kappa shape index (κ1) is 16.5. The second-order valence-electron chi connectivity index (χ2n) is 6.88. The number of benzene rings is 1. The lowest BCUT2D eigenvalue weighted by atomic mass is 10.1. The summed E-state index contributed by atoms with van der Waals surface area (Å²) < 4.78 is 17.2. The molecule has 0 spiro atoms. The highest BCUT2D eigenvalue weighted by Gasteiger charge is 2.26. The molecule has 5 rings (SSSR count). The van der Waals surface area contributed by atoms with Gasteiger partial charge in [-0.2, -0.15) is 10.2 Å². The number of carbonyl (C=O) groups excluding carboxylic acids is 1. The van der Waals surface area contributed by atoms with Gasteiger partial charge in [-0.3, -0.25) is 9.48 Å². The van der Waals surface area contributed by atoms with Gasteiger partial charge in [0.25, 0.3) is 5.91 Å². The summed E-state index contributed by atoms with van der Waals surface area (Å²) in [5.41, 5.74) is 2.58. The smallest absolute Gasteiger partial charge is 0.261 e. The number of anilines is 1. The van der Waals surface area contributed by atoms with Crippen molar-refractivity contribution in [3.8, 4) is 11.4 Å². The summed E-state index contributed by atoms with van der Waals surface area (Å²) in [7, 11) is 1.73. The van der Waals surface area contributed by atoms with E-state index in [1.807, 2.05) is 6.07 Å². The van der Waals surface area contributed by atoms with E-state index in [-0.39, 0.29) is 0 Å². The van der Waals surface area contributed by atoms with Crippen LogP contribution in [0.25, 0.3) is 17.0 Å². The standard InChI is InChI=1S/C19H16FN7O/c1-26-10-21-17(25-26)12-6-13(20)8-14(7-12)23-19(28)15-9-22-27-5-4-16(11-2-3-11)24-18(15)27/h4-11H,2-3H2,1H3,(H,23,28). The van der Waals surface area contributed by atoms with Crippen molar-refractivity contribution in [3.05, 3.63) is 60.1 Å². The van der Waals surface area contributed by atoms with E-state index in [0.29, 0.717) is 34.2 Å². The SMILES string of the molecule is Cn1cnc(-c2cc(F)cc(NC(=O)c3cnn4ccc(C5CC5)nc34)c2)n1. The van der Waals surface area contributed by atoms with Crippen LogP contribution in [0.2, 0.25) is 0 Å². The molecule has 0 aliphatic heterocycles. The van der Waals surface area contributed by atoms with Gasteiger partial charge in [-0.05, 0) is 37.1 Å². The summed E-state index contributed by atoms with van der Waals surface area (Å²) in [5, 5.41) is 11.1. The highest BCUT2D eigenvalue weighted by atomic mass is 19.1. The lowest BCUT2D eigenvalue weighted by molar-refractivity contribution is 0.102. The highest BCUT2D eigenvalue weighted by molar-refractivity contribution is 6.08. The second kappa shape index (κ2) is 6.22. The van der Waals surface area contributed by atoms with Crippen LogP contribution in [0.4, 0.5) is 10.1 Å². The molecule has 4 aromatic rings. The number of hydrogen-bond acceptors (Lipinski definition) is 5. The number of aryl methyl sites for hydroxylation is 1. The van der Waals surface area contributed by atoms with E-state index in [1.165, 1.54) is 29.3 Å². The Bertz CT molecular complexity index is 1210. The molecular formula is C19H16FN7O. The second-order valence-corrected chi connectivity index (χ2v) is 6.88. The summed E-state index contributed by atoms with van der Waals surface area (Å²) in [6.45, 7) is 0. The molecule has 140 valence electrons. The van der Waals surface area contributed by atoms with Gasteiger partial charge in [0.2, 0.25) is 0 Å². The molecule has 1 saturated carbocycles. The maximum Gasteiger partial charge on any atom is 0.261 e. The van der Waals surface area contributed by atoms with Gasteiger partial charge in [0.05, 0.1) is 6.20 Å². The number of carbonyl (C=O) groups is 1. The van der Waals surface area contributed by atoms with Crippen molar-refractivity contribution in [1.82, 2.24) is 29.4 Å². The Morgan fingerprint density at radius 3 is 2.89 bits per heavy atom. The third kappa shape index (κ3) is 3.00. The van der Waals surface area contributed by atoms with Crippen molar-refractivity contribution >= 4 is 17.2 Å².